The Morgan fingerprint density at radius 1 is 1.38 bits per heavy atom. The maximum Gasteiger partial charge on any atom is 0.123 e. The predicted molar refractivity (Wildman–Crippen MR) is 86.9 cm³/mol. The number of rotatable bonds is 5. The van der Waals surface area contributed by atoms with Crippen LogP contribution in [0.1, 0.15) is 44.7 Å². The zero-order chi connectivity index (χ0) is 15.4. The number of nitrogens with zero attached hydrogens (tertiary/aromatic N) is 1. The van der Waals surface area contributed by atoms with Gasteiger partial charge in [-0.2, -0.15) is 0 Å². The fourth-order valence-electron chi connectivity index (χ4n) is 3.31. The van der Waals surface area contributed by atoms with Crippen molar-refractivity contribution in [2.75, 3.05) is 13.1 Å². The van der Waals surface area contributed by atoms with Crippen LogP contribution in [0.4, 0.5) is 4.39 Å². The van der Waals surface area contributed by atoms with Crippen molar-refractivity contribution in [2.45, 2.75) is 59.2 Å². The van der Waals surface area contributed by atoms with Crippen LogP contribution < -0.4 is 5.32 Å². The predicted octanol–water partition coefficient (Wildman–Crippen LogP) is 3.73. The van der Waals surface area contributed by atoms with Crippen LogP contribution in [-0.4, -0.2) is 30.1 Å². The average molecular weight is 292 g/mol. The van der Waals surface area contributed by atoms with Crippen LogP contribution in [0.15, 0.2) is 18.2 Å². The highest BCUT2D eigenvalue weighted by Gasteiger charge is 2.29. The van der Waals surface area contributed by atoms with Crippen LogP contribution in [0.5, 0.6) is 0 Å². The first-order valence-corrected chi connectivity index (χ1v) is 8.23. The van der Waals surface area contributed by atoms with Crippen LogP contribution >= 0.6 is 0 Å². The molecule has 1 fully saturated rings. The van der Waals surface area contributed by atoms with E-state index in [0.717, 1.165) is 25.2 Å². The monoisotopic (exact) mass is 292 g/mol. The third-order valence-electron chi connectivity index (χ3n) is 4.63. The van der Waals surface area contributed by atoms with Gasteiger partial charge in [-0.25, -0.2) is 4.39 Å². The molecular formula is C18H29FN2. The second-order valence-electron chi connectivity index (χ2n) is 6.71. The lowest BCUT2D eigenvalue weighted by Gasteiger charge is -2.42. The molecule has 1 aliphatic heterocycles. The summed E-state index contributed by atoms with van der Waals surface area (Å²) >= 11 is 0. The van der Waals surface area contributed by atoms with E-state index in [2.05, 4.69) is 37.9 Å². The Bertz CT molecular complexity index is 459. The molecule has 0 saturated carbocycles. The molecule has 21 heavy (non-hydrogen) atoms. The molecule has 1 saturated heterocycles. The SMILES string of the molecule is CCCC1CN(Cc2cc(F)ccc2C)C(C(C)C)CN1. The summed E-state index contributed by atoms with van der Waals surface area (Å²) in [4.78, 5) is 2.54. The Kier molecular flexibility index (Phi) is 5.77. The van der Waals surface area contributed by atoms with Crippen molar-refractivity contribution in [1.82, 2.24) is 10.2 Å². The molecule has 1 aromatic carbocycles. The summed E-state index contributed by atoms with van der Waals surface area (Å²) in [5, 5.41) is 3.68. The highest BCUT2D eigenvalue weighted by atomic mass is 19.1. The van der Waals surface area contributed by atoms with Crippen molar-refractivity contribution in [1.29, 1.82) is 0 Å². The number of halogens is 1. The molecule has 0 amide bonds. The van der Waals surface area contributed by atoms with Crippen LogP contribution in [0.2, 0.25) is 0 Å². The molecular weight excluding hydrogens is 263 g/mol. The Morgan fingerprint density at radius 2 is 2.14 bits per heavy atom. The molecule has 0 aromatic heterocycles. The molecule has 2 nitrogen and oxygen atoms in total. The van der Waals surface area contributed by atoms with Gasteiger partial charge < -0.3 is 5.32 Å². The van der Waals surface area contributed by atoms with E-state index in [9.17, 15) is 4.39 Å². The van der Waals surface area contributed by atoms with E-state index >= 15 is 0 Å². The first-order chi connectivity index (χ1) is 10.0. The van der Waals surface area contributed by atoms with Gasteiger partial charge in [-0.1, -0.05) is 33.3 Å². The minimum Gasteiger partial charge on any atom is -0.311 e. The maximum absolute atomic E-state index is 13.5. The molecule has 2 atom stereocenters. The molecule has 0 spiro atoms. The van der Waals surface area contributed by atoms with Crippen LogP contribution in [0.3, 0.4) is 0 Å². The van der Waals surface area contributed by atoms with E-state index in [1.165, 1.54) is 18.4 Å². The lowest BCUT2D eigenvalue weighted by Crippen LogP contribution is -2.57. The molecule has 0 aliphatic carbocycles. The van der Waals surface area contributed by atoms with Gasteiger partial charge in [-0.05, 0) is 42.5 Å². The van der Waals surface area contributed by atoms with Gasteiger partial charge in [-0.3, -0.25) is 4.90 Å². The van der Waals surface area contributed by atoms with Crippen molar-refractivity contribution in [3.8, 4) is 0 Å². The van der Waals surface area contributed by atoms with E-state index in [1.54, 1.807) is 12.1 Å². The number of piperazine rings is 1. The highest BCUT2D eigenvalue weighted by molar-refractivity contribution is 5.26. The minimum atomic E-state index is -0.128. The molecule has 1 aliphatic rings. The Hall–Kier alpha value is -0.930. The summed E-state index contributed by atoms with van der Waals surface area (Å²) in [7, 11) is 0. The lowest BCUT2D eigenvalue weighted by molar-refractivity contribution is 0.0882. The second kappa shape index (κ2) is 7.37. The number of hydrogen-bond acceptors (Lipinski definition) is 2. The standard InChI is InChI=1S/C18H29FN2/c1-5-6-17-12-21(18(10-20-17)13(2)3)11-15-9-16(19)8-7-14(15)4/h7-9,13,17-18,20H,5-6,10-12H2,1-4H3. The normalized spacial score (nSPS) is 23.7. The Morgan fingerprint density at radius 3 is 2.81 bits per heavy atom. The summed E-state index contributed by atoms with van der Waals surface area (Å²) in [6, 6.07) is 6.24. The van der Waals surface area contributed by atoms with Gasteiger partial charge in [0.2, 0.25) is 0 Å². The quantitative estimate of drug-likeness (QED) is 0.889. The molecule has 1 aromatic rings. The molecule has 0 radical (unpaired) electrons. The van der Waals surface area contributed by atoms with Gasteiger partial charge in [0.25, 0.3) is 0 Å². The Balaban J connectivity index is 2.13. The summed E-state index contributed by atoms with van der Waals surface area (Å²) in [5.41, 5.74) is 2.31. The average Bonchev–Trinajstić information content (AvgIpc) is 2.43. The fraction of sp³-hybridized carbons (Fsp3) is 0.667. The van der Waals surface area contributed by atoms with Crippen molar-refractivity contribution in [3.05, 3.63) is 35.1 Å². The van der Waals surface area contributed by atoms with Gasteiger partial charge in [0.05, 0.1) is 0 Å². The van der Waals surface area contributed by atoms with Gasteiger partial charge in [0, 0.05) is 31.7 Å². The van der Waals surface area contributed by atoms with E-state index < -0.39 is 0 Å². The van der Waals surface area contributed by atoms with E-state index in [1.807, 2.05) is 6.07 Å². The van der Waals surface area contributed by atoms with Crippen LogP contribution in [0.25, 0.3) is 0 Å². The minimum absolute atomic E-state index is 0.128. The largest absolute Gasteiger partial charge is 0.311 e. The third kappa shape index (κ3) is 4.27. The molecule has 3 heteroatoms. The van der Waals surface area contributed by atoms with Crippen molar-refractivity contribution < 1.29 is 4.39 Å². The summed E-state index contributed by atoms with van der Waals surface area (Å²) in [6.45, 7) is 11.8. The maximum atomic E-state index is 13.5. The van der Waals surface area contributed by atoms with E-state index in [-0.39, 0.29) is 5.82 Å². The smallest absolute Gasteiger partial charge is 0.123 e. The van der Waals surface area contributed by atoms with Gasteiger partial charge in [0.1, 0.15) is 5.82 Å². The summed E-state index contributed by atoms with van der Waals surface area (Å²) in [6.07, 6.45) is 2.42. The topological polar surface area (TPSA) is 15.3 Å². The zero-order valence-corrected chi connectivity index (χ0v) is 13.8. The van der Waals surface area contributed by atoms with E-state index in [0.29, 0.717) is 18.0 Å². The zero-order valence-electron chi connectivity index (χ0n) is 13.8. The third-order valence-corrected chi connectivity index (χ3v) is 4.63. The number of benzene rings is 1. The first kappa shape index (κ1) is 16.4. The lowest BCUT2D eigenvalue weighted by atomic mass is 9.95. The molecule has 0 bridgehead atoms. The number of hydrogen-bond donors (Lipinski definition) is 1. The molecule has 2 unspecified atom stereocenters. The molecule has 1 N–H and O–H groups in total. The second-order valence-corrected chi connectivity index (χ2v) is 6.71. The summed E-state index contributed by atoms with van der Waals surface area (Å²) < 4.78 is 13.5. The molecule has 2 rings (SSSR count). The van der Waals surface area contributed by atoms with Crippen molar-refractivity contribution >= 4 is 0 Å². The van der Waals surface area contributed by atoms with Crippen LogP contribution in [0, 0.1) is 18.7 Å². The fourth-order valence-corrected chi connectivity index (χ4v) is 3.31. The highest BCUT2D eigenvalue weighted by Crippen LogP contribution is 2.21. The summed E-state index contributed by atoms with van der Waals surface area (Å²) in [5.74, 6) is 0.478. The van der Waals surface area contributed by atoms with Crippen LogP contribution in [-0.2, 0) is 6.54 Å². The molecule has 118 valence electrons. The number of nitrogens with one attached hydrogen (secondary N) is 1. The number of aryl methyl sites for hydroxylation is 1. The van der Waals surface area contributed by atoms with Crippen molar-refractivity contribution in [3.63, 3.8) is 0 Å². The molecule has 1 heterocycles. The van der Waals surface area contributed by atoms with Crippen molar-refractivity contribution in [2.24, 2.45) is 5.92 Å². The van der Waals surface area contributed by atoms with Gasteiger partial charge >= 0.3 is 0 Å². The first-order valence-electron chi connectivity index (χ1n) is 8.23. The van der Waals surface area contributed by atoms with Gasteiger partial charge in [0.15, 0.2) is 0 Å². The Labute approximate surface area is 128 Å². The van der Waals surface area contributed by atoms with Gasteiger partial charge in [-0.15, -0.1) is 0 Å². The van der Waals surface area contributed by atoms with E-state index in [4.69, 9.17) is 0 Å².